The number of hydrogen-bond donors (Lipinski definition) is 3. The minimum Gasteiger partial charge on any atom is -0.478 e. The SMILES string of the molecule is O=C(Nc1cccc(Cl)c1)Nc1cscc1C(=O)O. The van der Waals surface area contributed by atoms with Gasteiger partial charge in [-0.2, -0.15) is 0 Å². The third-order valence-electron chi connectivity index (χ3n) is 2.22. The Morgan fingerprint density at radius 2 is 2.00 bits per heavy atom. The van der Waals surface area contributed by atoms with Gasteiger partial charge in [0.15, 0.2) is 0 Å². The van der Waals surface area contributed by atoms with Crippen LogP contribution in [0.25, 0.3) is 0 Å². The lowest BCUT2D eigenvalue weighted by atomic mass is 10.3. The largest absolute Gasteiger partial charge is 0.478 e. The van der Waals surface area contributed by atoms with Gasteiger partial charge in [0.2, 0.25) is 0 Å². The maximum Gasteiger partial charge on any atom is 0.338 e. The molecule has 0 spiro atoms. The third kappa shape index (κ3) is 3.46. The minimum atomic E-state index is -1.08. The number of aromatic carboxylic acids is 1. The van der Waals surface area contributed by atoms with E-state index in [1.54, 1.807) is 29.6 Å². The van der Waals surface area contributed by atoms with E-state index in [4.69, 9.17) is 16.7 Å². The molecule has 0 atom stereocenters. The Labute approximate surface area is 117 Å². The van der Waals surface area contributed by atoms with E-state index < -0.39 is 12.0 Å². The summed E-state index contributed by atoms with van der Waals surface area (Å²) in [5, 5.41) is 17.5. The fraction of sp³-hybridized carbons (Fsp3) is 0. The summed E-state index contributed by atoms with van der Waals surface area (Å²) >= 11 is 6.99. The number of hydrogen-bond acceptors (Lipinski definition) is 3. The van der Waals surface area contributed by atoms with Crippen molar-refractivity contribution in [3.05, 3.63) is 45.6 Å². The van der Waals surface area contributed by atoms with E-state index in [9.17, 15) is 9.59 Å². The number of carbonyl (C=O) groups is 2. The summed E-state index contributed by atoms with van der Waals surface area (Å²) in [4.78, 5) is 22.6. The van der Waals surface area contributed by atoms with Gasteiger partial charge in [0.05, 0.1) is 11.3 Å². The summed E-state index contributed by atoms with van der Waals surface area (Å²) in [6.07, 6.45) is 0. The standard InChI is InChI=1S/C12H9ClN2O3S/c13-7-2-1-3-8(4-7)14-12(18)15-10-6-19-5-9(10)11(16)17/h1-6H,(H,16,17)(H2,14,15,18). The highest BCUT2D eigenvalue weighted by atomic mass is 35.5. The van der Waals surface area contributed by atoms with Gasteiger partial charge in [-0.15, -0.1) is 11.3 Å². The van der Waals surface area contributed by atoms with Crippen molar-refractivity contribution in [2.75, 3.05) is 10.6 Å². The van der Waals surface area contributed by atoms with Crippen LogP contribution in [0.3, 0.4) is 0 Å². The van der Waals surface area contributed by atoms with Gasteiger partial charge in [0.25, 0.3) is 0 Å². The molecule has 3 N–H and O–H groups in total. The van der Waals surface area contributed by atoms with E-state index in [1.165, 1.54) is 16.7 Å². The van der Waals surface area contributed by atoms with E-state index >= 15 is 0 Å². The molecule has 0 aliphatic rings. The summed E-state index contributed by atoms with van der Waals surface area (Å²) in [6.45, 7) is 0. The Balaban J connectivity index is 2.05. The monoisotopic (exact) mass is 296 g/mol. The fourth-order valence-electron chi connectivity index (χ4n) is 1.41. The van der Waals surface area contributed by atoms with Crippen LogP contribution in [0.15, 0.2) is 35.0 Å². The maximum absolute atomic E-state index is 11.7. The summed E-state index contributed by atoms with van der Waals surface area (Å²) < 4.78 is 0. The molecule has 0 radical (unpaired) electrons. The molecule has 5 nitrogen and oxygen atoms in total. The predicted molar refractivity (Wildman–Crippen MR) is 75.4 cm³/mol. The molecule has 0 fully saturated rings. The van der Waals surface area contributed by atoms with Gasteiger partial charge >= 0.3 is 12.0 Å². The zero-order valence-corrected chi connectivity index (χ0v) is 11.1. The quantitative estimate of drug-likeness (QED) is 0.807. The number of amides is 2. The highest BCUT2D eigenvalue weighted by molar-refractivity contribution is 7.08. The van der Waals surface area contributed by atoms with Crippen LogP contribution in [0.5, 0.6) is 0 Å². The molecule has 0 aliphatic carbocycles. The van der Waals surface area contributed by atoms with Gasteiger partial charge in [-0.25, -0.2) is 9.59 Å². The molecule has 2 amide bonds. The molecule has 0 saturated carbocycles. The molecule has 0 bridgehead atoms. The van der Waals surface area contributed by atoms with Crippen LogP contribution in [-0.4, -0.2) is 17.1 Å². The Morgan fingerprint density at radius 3 is 2.68 bits per heavy atom. The average molecular weight is 297 g/mol. The molecule has 1 heterocycles. The molecule has 7 heteroatoms. The number of nitrogens with one attached hydrogen (secondary N) is 2. The number of carboxylic acid groups (broad SMARTS) is 1. The second kappa shape index (κ2) is 5.73. The molecule has 19 heavy (non-hydrogen) atoms. The van der Waals surface area contributed by atoms with Gasteiger partial charge in [0, 0.05) is 21.5 Å². The van der Waals surface area contributed by atoms with Crippen molar-refractivity contribution >= 4 is 46.3 Å². The van der Waals surface area contributed by atoms with Gasteiger partial charge in [0.1, 0.15) is 0 Å². The zero-order valence-electron chi connectivity index (χ0n) is 9.51. The molecule has 0 saturated heterocycles. The van der Waals surface area contributed by atoms with E-state index in [0.29, 0.717) is 10.7 Å². The van der Waals surface area contributed by atoms with Crippen LogP contribution in [-0.2, 0) is 0 Å². The summed E-state index contributed by atoms with van der Waals surface area (Å²) in [5.41, 5.74) is 0.848. The molecule has 1 aromatic carbocycles. The highest BCUT2D eigenvalue weighted by Crippen LogP contribution is 2.21. The van der Waals surface area contributed by atoms with Crippen molar-refractivity contribution < 1.29 is 14.7 Å². The Hall–Kier alpha value is -2.05. The first-order valence-corrected chi connectivity index (χ1v) is 6.51. The van der Waals surface area contributed by atoms with Crippen LogP contribution in [0.2, 0.25) is 5.02 Å². The van der Waals surface area contributed by atoms with E-state index in [0.717, 1.165) is 0 Å². The van der Waals surface area contributed by atoms with E-state index in [1.807, 2.05) is 0 Å². The molecule has 0 unspecified atom stereocenters. The number of thiophene rings is 1. The van der Waals surface area contributed by atoms with Gasteiger partial charge < -0.3 is 15.7 Å². The topological polar surface area (TPSA) is 78.4 Å². The second-order valence-electron chi connectivity index (χ2n) is 3.59. The summed E-state index contributed by atoms with van der Waals surface area (Å²) in [7, 11) is 0. The van der Waals surface area contributed by atoms with Gasteiger partial charge in [-0.1, -0.05) is 17.7 Å². The molecular formula is C12H9ClN2O3S. The normalized spacial score (nSPS) is 9.95. The highest BCUT2D eigenvalue weighted by Gasteiger charge is 2.13. The fourth-order valence-corrected chi connectivity index (χ4v) is 2.35. The molecule has 0 aliphatic heterocycles. The average Bonchev–Trinajstić information content (AvgIpc) is 2.76. The number of halogens is 1. The lowest BCUT2D eigenvalue weighted by Crippen LogP contribution is -2.20. The molecule has 2 rings (SSSR count). The van der Waals surface area contributed by atoms with Crippen molar-refractivity contribution in [1.82, 2.24) is 0 Å². The zero-order chi connectivity index (χ0) is 13.8. The van der Waals surface area contributed by atoms with Gasteiger partial charge in [-0.05, 0) is 18.2 Å². The van der Waals surface area contributed by atoms with Crippen molar-refractivity contribution in [2.45, 2.75) is 0 Å². The van der Waals surface area contributed by atoms with Crippen LogP contribution in [0.4, 0.5) is 16.2 Å². The summed E-state index contributed by atoms with van der Waals surface area (Å²) in [6, 6.07) is 6.13. The molecular weight excluding hydrogens is 288 g/mol. The lowest BCUT2D eigenvalue weighted by Gasteiger charge is -2.07. The van der Waals surface area contributed by atoms with Crippen LogP contribution in [0.1, 0.15) is 10.4 Å². The van der Waals surface area contributed by atoms with Crippen molar-refractivity contribution in [1.29, 1.82) is 0 Å². The van der Waals surface area contributed by atoms with Crippen LogP contribution < -0.4 is 10.6 Å². The van der Waals surface area contributed by atoms with E-state index in [2.05, 4.69) is 10.6 Å². The number of anilines is 2. The first-order chi connectivity index (χ1) is 9.06. The maximum atomic E-state index is 11.7. The van der Waals surface area contributed by atoms with Crippen LogP contribution in [0, 0.1) is 0 Å². The number of carboxylic acids is 1. The molecule has 2 aromatic rings. The third-order valence-corrected chi connectivity index (χ3v) is 3.20. The smallest absolute Gasteiger partial charge is 0.338 e. The number of carbonyl (C=O) groups excluding carboxylic acids is 1. The summed E-state index contributed by atoms with van der Waals surface area (Å²) in [5.74, 6) is -1.08. The minimum absolute atomic E-state index is 0.0613. The lowest BCUT2D eigenvalue weighted by molar-refractivity contribution is 0.0698. The first kappa shape index (κ1) is 13.4. The van der Waals surface area contributed by atoms with Crippen molar-refractivity contribution in [3.63, 3.8) is 0 Å². The van der Waals surface area contributed by atoms with Crippen molar-refractivity contribution in [2.24, 2.45) is 0 Å². The Bertz CT molecular complexity index is 627. The van der Waals surface area contributed by atoms with Gasteiger partial charge in [-0.3, -0.25) is 0 Å². The van der Waals surface area contributed by atoms with Crippen molar-refractivity contribution in [3.8, 4) is 0 Å². The first-order valence-electron chi connectivity index (χ1n) is 5.19. The van der Waals surface area contributed by atoms with E-state index in [-0.39, 0.29) is 11.3 Å². The molecule has 1 aromatic heterocycles. The number of benzene rings is 1. The predicted octanol–water partition coefficient (Wildman–Crippen LogP) is 3.74. The van der Waals surface area contributed by atoms with Crippen LogP contribution >= 0.6 is 22.9 Å². The second-order valence-corrected chi connectivity index (χ2v) is 4.77. The number of rotatable bonds is 3. The Morgan fingerprint density at radius 1 is 1.21 bits per heavy atom. The Kier molecular flexibility index (Phi) is 4.03. The number of urea groups is 1. The molecule has 98 valence electrons.